The van der Waals surface area contributed by atoms with Gasteiger partial charge in [0.1, 0.15) is 0 Å². The molecule has 0 aliphatic rings. The Hall–Kier alpha value is -0.570. The van der Waals surface area contributed by atoms with Crippen molar-refractivity contribution < 1.29 is 14.8 Å². The first-order chi connectivity index (χ1) is 13.5. The second-order valence-corrected chi connectivity index (χ2v) is 8.74. The van der Waals surface area contributed by atoms with Crippen molar-refractivity contribution in [1.82, 2.24) is 0 Å². The minimum atomic E-state index is -0.943. The SMILES string of the molecule is CCCCC(=O)[O-].CCCCCCCCCCCCCCCCCC[NH+](C)C. The summed E-state index contributed by atoms with van der Waals surface area (Å²) in [6, 6.07) is 0. The lowest BCUT2D eigenvalue weighted by Crippen LogP contribution is -3.05. The molecule has 0 saturated heterocycles. The minimum Gasteiger partial charge on any atom is -0.550 e. The maximum absolute atomic E-state index is 9.65. The number of rotatable bonds is 20. The standard InChI is InChI=1S/C20H43N.C5H10O2/c1-4-5-6-7-8-9-10-11-12-13-14-15-16-17-18-19-20-21(2)3;1-2-3-4-5(6)7/h4-20H2,1-3H3;2-4H2,1H3,(H,6,7). The Kier molecular flexibility index (Phi) is 28.0. The van der Waals surface area contributed by atoms with Gasteiger partial charge in [-0.3, -0.25) is 0 Å². The van der Waals surface area contributed by atoms with Crippen LogP contribution in [0.15, 0.2) is 0 Å². The molecule has 0 radical (unpaired) electrons. The monoisotopic (exact) mass is 399 g/mol. The van der Waals surface area contributed by atoms with E-state index in [4.69, 9.17) is 0 Å². The van der Waals surface area contributed by atoms with Crippen molar-refractivity contribution in [3.63, 3.8) is 0 Å². The van der Waals surface area contributed by atoms with Gasteiger partial charge in [0, 0.05) is 5.97 Å². The van der Waals surface area contributed by atoms with E-state index in [-0.39, 0.29) is 6.42 Å². The maximum Gasteiger partial charge on any atom is 0.0766 e. The molecule has 0 aliphatic heterocycles. The number of unbranched alkanes of at least 4 members (excludes halogenated alkanes) is 16. The van der Waals surface area contributed by atoms with Crippen LogP contribution in [-0.2, 0) is 4.79 Å². The van der Waals surface area contributed by atoms with Gasteiger partial charge in [0.25, 0.3) is 0 Å². The number of quaternary nitrogens is 1. The van der Waals surface area contributed by atoms with Crippen molar-refractivity contribution in [3.05, 3.63) is 0 Å². The third-order valence-electron chi connectivity index (χ3n) is 5.26. The van der Waals surface area contributed by atoms with Crippen LogP contribution in [0.5, 0.6) is 0 Å². The van der Waals surface area contributed by atoms with Crippen molar-refractivity contribution in [2.24, 2.45) is 0 Å². The summed E-state index contributed by atoms with van der Waals surface area (Å²) in [5.41, 5.74) is 0. The van der Waals surface area contributed by atoms with Crippen molar-refractivity contribution >= 4 is 5.97 Å². The predicted octanol–water partition coefficient (Wildman–Crippen LogP) is 5.32. The Morgan fingerprint density at radius 1 is 0.571 bits per heavy atom. The van der Waals surface area contributed by atoms with Gasteiger partial charge in [-0.15, -0.1) is 0 Å². The van der Waals surface area contributed by atoms with E-state index < -0.39 is 5.97 Å². The summed E-state index contributed by atoms with van der Waals surface area (Å²) < 4.78 is 0. The average Bonchev–Trinajstić information content (AvgIpc) is 2.66. The number of carbonyl (C=O) groups excluding carboxylic acids is 1. The highest BCUT2D eigenvalue weighted by molar-refractivity contribution is 5.63. The van der Waals surface area contributed by atoms with E-state index in [9.17, 15) is 9.90 Å². The fourth-order valence-electron chi connectivity index (χ4n) is 3.35. The topological polar surface area (TPSA) is 44.6 Å². The number of hydrogen-bond donors (Lipinski definition) is 1. The van der Waals surface area contributed by atoms with Gasteiger partial charge in [-0.25, -0.2) is 0 Å². The fraction of sp³-hybridized carbons (Fsp3) is 0.960. The third-order valence-corrected chi connectivity index (χ3v) is 5.26. The summed E-state index contributed by atoms with van der Waals surface area (Å²) in [5, 5.41) is 9.65. The number of aliphatic carboxylic acids is 1. The van der Waals surface area contributed by atoms with Gasteiger partial charge in [-0.1, -0.05) is 110 Å². The summed E-state index contributed by atoms with van der Waals surface area (Å²) >= 11 is 0. The van der Waals surface area contributed by atoms with Crippen LogP contribution in [0.2, 0.25) is 0 Å². The number of nitrogens with one attached hydrogen (secondary N) is 1. The van der Waals surface area contributed by atoms with Gasteiger partial charge < -0.3 is 14.8 Å². The molecule has 0 heterocycles. The highest BCUT2D eigenvalue weighted by atomic mass is 16.4. The summed E-state index contributed by atoms with van der Waals surface area (Å²) in [6.07, 6.45) is 25.3. The molecule has 0 saturated carbocycles. The number of hydrogen-bond acceptors (Lipinski definition) is 2. The molecule has 0 aromatic carbocycles. The summed E-state index contributed by atoms with van der Waals surface area (Å²) in [4.78, 5) is 11.2. The van der Waals surface area contributed by atoms with Gasteiger partial charge in [0.2, 0.25) is 0 Å². The zero-order valence-electron chi connectivity index (χ0n) is 20.0. The smallest absolute Gasteiger partial charge is 0.0766 e. The summed E-state index contributed by atoms with van der Waals surface area (Å²) in [7, 11) is 4.51. The second kappa shape index (κ2) is 26.4. The molecule has 3 nitrogen and oxygen atoms in total. The van der Waals surface area contributed by atoms with Crippen LogP contribution < -0.4 is 10.0 Å². The largest absolute Gasteiger partial charge is 0.550 e. The molecule has 3 heteroatoms. The van der Waals surface area contributed by atoms with Gasteiger partial charge >= 0.3 is 0 Å². The van der Waals surface area contributed by atoms with E-state index in [1.165, 1.54) is 109 Å². The molecule has 0 aliphatic carbocycles. The quantitative estimate of drug-likeness (QED) is 0.282. The van der Waals surface area contributed by atoms with Crippen LogP contribution >= 0.6 is 0 Å². The van der Waals surface area contributed by atoms with Crippen LogP contribution in [0.3, 0.4) is 0 Å². The van der Waals surface area contributed by atoms with Crippen LogP contribution in [0.1, 0.15) is 136 Å². The van der Waals surface area contributed by atoms with E-state index in [0.717, 1.165) is 12.8 Å². The molecule has 0 spiro atoms. The summed E-state index contributed by atoms with van der Waals surface area (Å²) in [5.74, 6) is -0.943. The zero-order chi connectivity index (χ0) is 21.3. The average molecular weight is 400 g/mol. The lowest BCUT2D eigenvalue weighted by Gasteiger charge is -2.06. The lowest BCUT2D eigenvalue weighted by atomic mass is 10.0. The highest BCUT2D eigenvalue weighted by Gasteiger charge is 1.96. The Balaban J connectivity index is 0. The van der Waals surface area contributed by atoms with Crippen LogP contribution in [0.25, 0.3) is 0 Å². The van der Waals surface area contributed by atoms with E-state index >= 15 is 0 Å². The molecule has 0 rings (SSSR count). The molecule has 1 N–H and O–H groups in total. The molecular weight excluding hydrogens is 346 g/mol. The Labute approximate surface area is 177 Å². The highest BCUT2D eigenvalue weighted by Crippen LogP contribution is 2.13. The van der Waals surface area contributed by atoms with Crippen LogP contribution in [0.4, 0.5) is 0 Å². The van der Waals surface area contributed by atoms with Gasteiger partial charge in [-0.05, 0) is 25.7 Å². The Morgan fingerprint density at radius 2 is 0.893 bits per heavy atom. The van der Waals surface area contributed by atoms with Crippen LogP contribution in [-0.4, -0.2) is 26.6 Å². The zero-order valence-corrected chi connectivity index (χ0v) is 20.0. The van der Waals surface area contributed by atoms with Crippen molar-refractivity contribution in [2.45, 2.75) is 136 Å². The normalized spacial score (nSPS) is 10.8. The first kappa shape index (κ1) is 29.6. The molecule has 0 atom stereocenters. The van der Waals surface area contributed by atoms with E-state index in [2.05, 4.69) is 21.0 Å². The van der Waals surface area contributed by atoms with Crippen LogP contribution in [0, 0.1) is 0 Å². The first-order valence-corrected chi connectivity index (χ1v) is 12.5. The molecule has 0 aromatic rings. The van der Waals surface area contributed by atoms with Crippen molar-refractivity contribution in [3.8, 4) is 0 Å². The van der Waals surface area contributed by atoms with Gasteiger partial charge in [0.05, 0.1) is 20.6 Å². The predicted molar refractivity (Wildman–Crippen MR) is 122 cm³/mol. The molecule has 28 heavy (non-hydrogen) atoms. The maximum atomic E-state index is 9.65. The third kappa shape index (κ3) is 33.0. The lowest BCUT2D eigenvalue weighted by molar-refractivity contribution is -0.858. The minimum absolute atomic E-state index is 0.205. The van der Waals surface area contributed by atoms with Crippen molar-refractivity contribution in [1.29, 1.82) is 0 Å². The Bertz CT molecular complexity index is 292. The van der Waals surface area contributed by atoms with Gasteiger partial charge in [0.15, 0.2) is 0 Å². The first-order valence-electron chi connectivity index (χ1n) is 12.5. The van der Waals surface area contributed by atoms with E-state index in [1.807, 2.05) is 6.92 Å². The summed E-state index contributed by atoms with van der Waals surface area (Å²) in [6.45, 7) is 5.59. The molecule has 0 bridgehead atoms. The van der Waals surface area contributed by atoms with Gasteiger partial charge in [-0.2, -0.15) is 0 Å². The molecule has 0 amide bonds. The van der Waals surface area contributed by atoms with Crippen molar-refractivity contribution in [2.75, 3.05) is 20.6 Å². The fourth-order valence-corrected chi connectivity index (χ4v) is 3.35. The molecule has 0 aromatic heterocycles. The molecular formula is C25H53NO2. The number of carbonyl (C=O) groups is 1. The molecule has 170 valence electrons. The van der Waals surface area contributed by atoms with E-state index in [1.54, 1.807) is 4.90 Å². The van der Waals surface area contributed by atoms with E-state index in [0.29, 0.717) is 0 Å². The molecule has 0 unspecified atom stereocenters. The number of carboxylic acid groups (broad SMARTS) is 1. The Morgan fingerprint density at radius 3 is 1.14 bits per heavy atom. The number of carboxylic acids is 1. The molecule has 0 fully saturated rings. The second-order valence-electron chi connectivity index (χ2n) is 8.74.